The average Bonchev–Trinajstić information content (AvgIpc) is 2.73. The van der Waals surface area contributed by atoms with E-state index in [1.165, 1.54) is 0 Å². The number of pyridine rings is 1. The summed E-state index contributed by atoms with van der Waals surface area (Å²) < 4.78 is 11.7. The number of carbonyl (C=O) groups excluding carboxylic acids is 1. The van der Waals surface area contributed by atoms with Crippen LogP contribution in [0.2, 0.25) is 0 Å². The Labute approximate surface area is 163 Å². The molecule has 0 fully saturated rings. The molecular formula is C22H21N3O3. The topological polar surface area (TPSA) is 77.7 Å². The van der Waals surface area contributed by atoms with Gasteiger partial charge in [0.05, 0.1) is 6.61 Å². The minimum Gasteiger partial charge on any atom is -0.494 e. The van der Waals surface area contributed by atoms with Crippen molar-refractivity contribution in [2.24, 2.45) is 0 Å². The van der Waals surface area contributed by atoms with Gasteiger partial charge < -0.3 is 15.2 Å². The lowest BCUT2D eigenvalue weighted by Gasteiger charge is -2.33. The molecule has 1 aliphatic heterocycles. The predicted octanol–water partition coefficient (Wildman–Crippen LogP) is 3.60. The van der Waals surface area contributed by atoms with Crippen molar-refractivity contribution in [3.8, 4) is 11.5 Å². The molecule has 0 saturated carbocycles. The predicted molar refractivity (Wildman–Crippen MR) is 107 cm³/mol. The van der Waals surface area contributed by atoms with Crippen LogP contribution in [0.25, 0.3) is 0 Å². The smallest absolute Gasteiger partial charge is 0.274 e. The Kier molecular flexibility index (Phi) is 5.10. The van der Waals surface area contributed by atoms with Gasteiger partial charge in [-0.15, -0.1) is 0 Å². The van der Waals surface area contributed by atoms with Crippen LogP contribution in [0.4, 0.5) is 11.6 Å². The second-order valence-corrected chi connectivity index (χ2v) is 6.47. The van der Waals surface area contributed by atoms with Crippen molar-refractivity contribution in [2.45, 2.75) is 12.5 Å². The molecule has 0 bridgehead atoms. The molecule has 3 aromatic rings. The molecule has 0 saturated heterocycles. The van der Waals surface area contributed by atoms with Crippen molar-refractivity contribution in [1.29, 1.82) is 0 Å². The molecule has 1 aliphatic rings. The molecule has 0 spiro atoms. The third kappa shape index (κ3) is 3.76. The third-order valence-corrected chi connectivity index (χ3v) is 4.49. The number of nitrogens with zero attached hydrogens (tertiary/aromatic N) is 2. The maximum absolute atomic E-state index is 13.1. The molecule has 1 aromatic heterocycles. The SMILES string of the molecule is Nc1ccc2c(n1)N(CCCOc1ccccc1)C(=O)C(c1ccccc1)O2. The summed E-state index contributed by atoms with van der Waals surface area (Å²) in [4.78, 5) is 19.1. The van der Waals surface area contributed by atoms with E-state index < -0.39 is 6.10 Å². The number of hydrogen-bond donors (Lipinski definition) is 1. The number of hydrogen-bond acceptors (Lipinski definition) is 5. The third-order valence-electron chi connectivity index (χ3n) is 4.49. The first kappa shape index (κ1) is 17.9. The first-order valence-corrected chi connectivity index (χ1v) is 9.20. The van der Waals surface area contributed by atoms with E-state index in [2.05, 4.69) is 4.98 Å². The highest BCUT2D eigenvalue weighted by Crippen LogP contribution is 2.38. The zero-order chi connectivity index (χ0) is 19.3. The van der Waals surface area contributed by atoms with Crippen LogP contribution in [0.3, 0.4) is 0 Å². The van der Waals surface area contributed by atoms with Crippen molar-refractivity contribution >= 4 is 17.5 Å². The first-order valence-electron chi connectivity index (χ1n) is 9.20. The van der Waals surface area contributed by atoms with Gasteiger partial charge in [-0.05, 0) is 30.7 Å². The van der Waals surface area contributed by atoms with Crippen LogP contribution < -0.4 is 20.1 Å². The van der Waals surface area contributed by atoms with E-state index in [0.29, 0.717) is 37.0 Å². The summed E-state index contributed by atoms with van der Waals surface area (Å²) in [6, 6.07) is 22.5. The van der Waals surface area contributed by atoms with E-state index in [0.717, 1.165) is 11.3 Å². The number of aromatic nitrogens is 1. The number of carbonyl (C=O) groups is 1. The van der Waals surface area contributed by atoms with Crippen LogP contribution >= 0.6 is 0 Å². The van der Waals surface area contributed by atoms with Gasteiger partial charge in [0.15, 0.2) is 11.6 Å². The van der Waals surface area contributed by atoms with Crippen LogP contribution in [0.1, 0.15) is 18.1 Å². The molecule has 2 N–H and O–H groups in total. The van der Waals surface area contributed by atoms with Crippen LogP contribution in [-0.2, 0) is 4.79 Å². The minimum absolute atomic E-state index is 0.156. The van der Waals surface area contributed by atoms with Crippen LogP contribution in [0.15, 0.2) is 72.8 Å². The lowest BCUT2D eigenvalue weighted by Crippen LogP contribution is -2.42. The van der Waals surface area contributed by atoms with Crippen molar-refractivity contribution in [1.82, 2.24) is 4.98 Å². The van der Waals surface area contributed by atoms with Gasteiger partial charge in [0.1, 0.15) is 11.6 Å². The number of anilines is 2. The van der Waals surface area contributed by atoms with Crippen LogP contribution in [0, 0.1) is 0 Å². The summed E-state index contributed by atoms with van der Waals surface area (Å²) in [6.45, 7) is 0.949. The zero-order valence-corrected chi connectivity index (χ0v) is 15.3. The van der Waals surface area contributed by atoms with Crippen LogP contribution in [-0.4, -0.2) is 24.0 Å². The van der Waals surface area contributed by atoms with Crippen molar-refractivity contribution in [3.63, 3.8) is 0 Å². The van der Waals surface area contributed by atoms with E-state index in [-0.39, 0.29) is 5.91 Å². The fourth-order valence-corrected chi connectivity index (χ4v) is 3.14. The Balaban J connectivity index is 1.52. The molecular weight excluding hydrogens is 354 g/mol. The van der Waals surface area contributed by atoms with Gasteiger partial charge in [-0.1, -0.05) is 48.5 Å². The van der Waals surface area contributed by atoms with Gasteiger partial charge in [-0.3, -0.25) is 9.69 Å². The zero-order valence-electron chi connectivity index (χ0n) is 15.3. The fourth-order valence-electron chi connectivity index (χ4n) is 3.14. The average molecular weight is 375 g/mol. The summed E-state index contributed by atoms with van der Waals surface area (Å²) >= 11 is 0. The quantitative estimate of drug-likeness (QED) is 0.666. The lowest BCUT2D eigenvalue weighted by atomic mass is 10.1. The number of para-hydroxylation sites is 1. The lowest BCUT2D eigenvalue weighted by molar-refractivity contribution is -0.126. The van der Waals surface area contributed by atoms with E-state index in [1.807, 2.05) is 60.7 Å². The Morgan fingerprint density at radius 1 is 1.00 bits per heavy atom. The standard InChI is InChI=1S/C22H21N3O3/c23-19-13-12-18-21(24-19)25(14-7-15-27-17-10-5-2-6-11-17)22(26)20(28-18)16-8-3-1-4-9-16/h1-6,8-13,20H,7,14-15H2,(H2,23,24). The van der Waals surface area contributed by atoms with E-state index in [4.69, 9.17) is 15.2 Å². The maximum Gasteiger partial charge on any atom is 0.274 e. The normalized spacial score (nSPS) is 15.6. The summed E-state index contributed by atoms with van der Waals surface area (Å²) in [6.07, 6.45) is -0.0490. The highest BCUT2D eigenvalue weighted by Gasteiger charge is 2.36. The number of amides is 1. The second-order valence-electron chi connectivity index (χ2n) is 6.47. The molecule has 2 aromatic carbocycles. The van der Waals surface area contributed by atoms with Crippen LogP contribution in [0.5, 0.6) is 11.5 Å². The largest absolute Gasteiger partial charge is 0.494 e. The van der Waals surface area contributed by atoms with E-state index in [1.54, 1.807) is 17.0 Å². The van der Waals surface area contributed by atoms with Gasteiger partial charge in [-0.2, -0.15) is 0 Å². The Bertz CT molecular complexity index is 948. The van der Waals surface area contributed by atoms with E-state index >= 15 is 0 Å². The van der Waals surface area contributed by atoms with Gasteiger partial charge >= 0.3 is 0 Å². The second kappa shape index (κ2) is 8.00. The Hall–Kier alpha value is -3.54. The number of nitrogen functional groups attached to an aromatic ring is 1. The highest BCUT2D eigenvalue weighted by atomic mass is 16.5. The molecule has 1 amide bonds. The Morgan fingerprint density at radius 2 is 1.71 bits per heavy atom. The summed E-state index contributed by atoms with van der Waals surface area (Å²) in [5.74, 6) is 2.00. The number of rotatable bonds is 6. The number of benzene rings is 2. The Morgan fingerprint density at radius 3 is 2.46 bits per heavy atom. The van der Waals surface area contributed by atoms with Crippen molar-refractivity contribution < 1.29 is 14.3 Å². The van der Waals surface area contributed by atoms with Gasteiger partial charge in [0.25, 0.3) is 5.91 Å². The maximum atomic E-state index is 13.1. The van der Waals surface area contributed by atoms with Gasteiger partial charge in [-0.25, -0.2) is 4.98 Å². The summed E-state index contributed by atoms with van der Waals surface area (Å²) in [5, 5.41) is 0. The van der Waals surface area contributed by atoms with Crippen molar-refractivity contribution in [2.75, 3.05) is 23.8 Å². The van der Waals surface area contributed by atoms with Gasteiger partial charge in [0, 0.05) is 12.1 Å². The molecule has 2 heterocycles. The number of ether oxygens (including phenoxy) is 2. The molecule has 6 heteroatoms. The molecule has 28 heavy (non-hydrogen) atoms. The number of nitrogens with two attached hydrogens (primary N) is 1. The van der Waals surface area contributed by atoms with E-state index in [9.17, 15) is 4.79 Å². The molecule has 0 aliphatic carbocycles. The van der Waals surface area contributed by atoms with Gasteiger partial charge in [0.2, 0.25) is 6.10 Å². The fraction of sp³-hybridized carbons (Fsp3) is 0.182. The monoisotopic (exact) mass is 375 g/mol. The number of fused-ring (bicyclic) bond motifs is 1. The molecule has 142 valence electrons. The molecule has 4 rings (SSSR count). The van der Waals surface area contributed by atoms with Crippen molar-refractivity contribution in [3.05, 3.63) is 78.4 Å². The first-order chi connectivity index (χ1) is 13.7. The minimum atomic E-state index is -0.700. The molecule has 0 radical (unpaired) electrons. The molecule has 6 nitrogen and oxygen atoms in total. The molecule has 1 unspecified atom stereocenters. The summed E-state index contributed by atoms with van der Waals surface area (Å²) in [5.41, 5.74) is 6.64. The highest BCUT2D eigenvalue weighted by molar-refractivity contribution is 5.99. The summed E-state index contributed by atoms with van der Waals surface area (Å²) in [7, 11) is 0. The molecule has 1 atom stereocenters.